The van der Waals surface area contributed by atoms with Crippen LogP contribution in [-0.2, 0) is 16.4 Å². The molecule has 2 aromatic carbocycles. The number of rotatable bonds is 8. The third kappa shape index (κ3) is 6.37. The quantitative estimate of drug-likeness (QED) is 0.443. The third-order valence-corrected chi connectivity index (χ3v) is 6.11. The van der Waals surface area contributed by atoms with Gasteiger partial charge < -0.3 is 10.4 Å². The number of benzene rings is 2. The van der Waals surface area contributed by atoms with Gasteiger partial charge in [0, 0.05) is 23.3 Å². The van der Waals surface area contributed by atoms with Crippen molar-refractivity contribution in [3.05, 3.63) is 94.3 Å². The number of hydrogen-bond donors (Lipinski definition) is 3. The molecular formula is C22H18ClN3O6S. The van der Waals surface area contributed by atoms with E-state index in [-0.39, 0.29) is 27.6 Å². The number of halogens is 1. The molecule has 3 N–H and O–H groups in total. The lowest BCUT2D eigenvalue weighted by Crippen LogP contribution is -2.31. The van der Waals surface area contributed by atoms with Gasteiger partial charge in [-0.3, -0.25) is 9.59 Å². The van der Waals surface area contributed by atoms with E-state index in [2.05, 4.69) is 10.3 Å². The smallest absolute Gasteiger partial charge is 0.354 e. The number of nitrogens with one attached hydrogen (secondary N) is 2. The van der Waals surface area contributed by atoms with E-state index in [4.69, 9.17) is 16.7 Å². The number of amides is 2. The van der Waals surface area contributed by atoms with Gasteiger partial charge in [0.2, 0.25) is 0 Å². The summed E-state index contributed by atoms with van der Waals surface area (Å²) < 4.78 is 26.8. The highest BCUT2D eigenvalue weighted by atomic mass is 35.5. The van der Waals surface area contributed by atoms with Crippen LogP contribution in [0.2, 0.25) is 5.02 Å². The van der Waals surface area contributed by atoms with Crippen molar-refractivity contribution in [1.82, 2.24) is 15.0 Å². The Kier molecular flexibility index (Phi) is 7.41. The van der Waals surface area contributed by atoms with Crippen molar-refractivity contribution in [2.75, 3.05) is 6.54 Å². The number of carbonyl (C=O) groups excluding carboxylic acids is 2. The van der Waals surface area contributed by atoms with Crippen LogP contribution in [0.3, 0.4) is 0 Å². The maximum Gasteiger partial charge on any atom is 0.354 e. The first-order valence-electron chi connectivity index (χ1n) is 9.55. The molecule has 0 atom stereocenters. The zero-order chi connectivity index (χ0) is 24.0. The molecule has 0 saturated carbocycles. The SMILES string of the molecule is O=C(NCCc1ccc(Cl)cc1)c1ccc(S(=O)(=O)NC(=O)c2ccc(C(=O)O)nc2)cc1. The summed E-state index contributed by atoms with van der Waals surface area (Å²) in [6.45, 7) is 0.380. The molecule has 0 saturated heterocycles. The Labute approximate surface area is 194 Å². The minimum atomic E-state index is -4.22. The predicted molar refractivity (Wildman–Crippen MR) is 120 cm³/mol. The van der Waals surface area contributed by atoms with Gasteiger partial charge in [0.15, 0.2) is 0 Å². The van der Waals surface area contributed by atoms with Crippen LogP contribution in [0.25, 0.3) is 0 Å². The van der Waals surface area contributed by atoms with Gasteiger partial charge in [-0.15, -0.1) is 0 Å². The molecule has 0 bridgehead atoms. The van der Waals surface area contributed by atoms with E-state index in [9.17, 15) is 22.8 Å². The second-order valence-electron chi connectivity index (χ2n) is 6.83. The molecule has 3 rings (SSSR count). The van der Waals surface area contributed by atoms with E-state index in [1.807, 2.05) is 16.9 Å². The fourth-order valence-electron chi connectivity index (χ4n) is 2.75. The van der Waals surface area contributed by atoms with Crippen LogP contribution in [0.5, 0.6) is 0 Å². The zero-order valence-electron chi connectivity index (χ0n) is 17.0. The third-order valence-electron chi connectivity index (χ3n) is 4.51. The van der Waals surface area contributed by atoms with E-state index in [0.29, 0.717) is 18.0 Å². The highest BCUT2D eigenvalue weighted by molar-refractivity contribution is 7.90. The molecule has 2 amide bonds. The molecule has 170 valence electrons. The summed E-state index contributed by atoms with van der Waals surface area (Å²) in [6.07, 6.45) is 1.56. The van der Waals surface area contributed by atoms with Gasteiger partial charge in [-0.25, -0.2) is 22.9 Å². The van der Waals surface area contributed by atoms with Crippen LogP contribution in [0.15, 0.2) is 71.8 Å². The molecule has 11 heteroatoms. The van der Waals surface area contributed by atoms with Crippen molar-refractivity contribution in [1.29, 1.82) is 0 Å². The lowest BCUT2D eigenvalue weighted by atomic mass is 10.1. The topological polar surface area (TPSA) is 143 Å². The van der Waals surface area contributed by atoms with Crippen LogP contribution in [-0.4, -0.2) is 42.8 Å². The number of aromatic nitrogens is 1. The molecule has 0 aliphatic carbocycles. The minimum Gasteiger partial charge on any atom is -0.477 e. The normalized spacial score (nSPS) is 10.9. The molecule has 0 fully saturated rings. The Morgan fingerprint density at radius 1 is 0.879 bits per heavy atom. The van der Waals surface area contributed by atoms with Crippen LogP contribution in [0.4, 0.5) is 0 Å². The molecular weight excluding hydrogens is 470 g/mol. The first-order valence-corrected chi connectivity index (χ1v) is 11.4. The van der Waals surface area contributed by atoms with E-state index in [1.165, 1.54) is 24.3 Å². The molecule has 9 nitrogen and oxygen atoms in total. The second-order valence-corrected chi connectivity index (χ2v) is 8.95. The first-order chi connectivity index (χ1) is 15.7. The van der Waals surface area contributed by atoms with Crippen molar-refractivity contribution < 1.29 is 27.9 Å². The average Bonchev–Trinajstić information content (AvgIpc) is 2.80. The first kappa shape index (κ1) is 23.9. The number of pyridine rings is 1. The zero-order valence-corrected chi connectivity index (χ0v) is 18.6. The Bertz CT molecular complexity index is 1280. The summed E-state index contributed by atoms with van der Waals surface area (Å²) in [5.41, 5.74) is 0.853. The number of aromatic carboxylic acids is 1. The Morgan fingerprint density at radius 3 is 2.09 bits per heavy atom. The number of nitrogens with zero attached hydrogens (tertiary/aromatic N) is 1. The molecule has 3 aromatic rings. The van der Waals surface area contributed by atoms with Crippen molar-refractivity contribution in [3.63, 3.8) is 0 Å². The fourth-order valence-corrected chi connectivity index (χ4v) is 3.85. The van der Waals surface area contributed by atoms with Gasteiger partial charge in [0.25, 0.3) is 21.8 Å². The summed E-state index contributed by atoms with van der Waals surface area (Å²) in [7, 11) is -4.22. The van der Waals surface area contributed by atoms with Crippen molar-refractivity contribution in [3.8, 4) is 0 Å². The van der Waals surface area contributed by atoms with Crippen LogP contribution >= 0.6 is 11.6 Å². The molecule has 1 aromatic heterocycles. The number of hydrogen-bond acceptors (Lipinski definition) is 6. The van der Waals surface area contributed by atoms with E-state index < -0.39 is 21.9 Å². The molecule has 0 aliphatic heterocycles. The van der Waals surface area contributed by atoms with E-state index in [0.717, 1.165) is 23.9 Å². The second kappa shape index (κ2) is 10.2. The van der Waals surface area contributed by atoms with Gasteiger partial charge in [-0.2, -0.15) is 0 Å². The number of carbonyl (C=O) groups is 3. The summed E-state index contributed by atoms with van der Waals surface area (Å²) in [5, 5.41) is 12.2. The maximum absolute atomic E-state index is 12.5. The summed E-state index contributed by atoms with van der Waals surface area (Å²) in [4.78, 5) is 38.7. The molecule has 1 heterocycles. The van der Waals surface area contributed by atoms with Crippen molar-refractivity contribution >= 4 is 39.4 Å². The number of carboxylic acid groups (broad SMARTS) is 1. The fraction of sp³-hybridized carbons (Fsp3) is 0.0909. The van der Waals surface area contributed by atoms with Gasteiger partial charge in [-0.1, -0.05) is 23.7 Å². The van der Waals surface area contributed by atoms with Crippen molar-refractivity contribution in [2.24, 2.45) is 0 Å². The highest BCUT2D eigenvalue weighted by Crippen LogP contribution is 2.13. The lowest BCUT2D eigenvalue weighted by molar-refractivity contribution is 0.0689. The van der Waals surface area contributed by atoms with Gasteiger partial charge in [-0.05, 0) is 60.5 Å². The summed E-state index contributed by atoms with van der Waals surface area (Å²) in [5.74, 6) is -2.62. The Morgan fingerprint density at radius 2 is 1.52 bits per heavy atom. The van der Waals surface area contributed by atoms with Crippen LogP contribution in [0, 0.1) is 0 Å². The van der Waals surface area contributed by atoms with Crippen molar-refractivity contribution in [2.45, 2.75) is 11.3 Å². The van der Waals surface area contributed by atoms with E-state index >= 15 is 0 Å². The lowest BCUT2D eigenvalue weighted by Gasteiger charge is -2.09. The molecule has 0 spiro atoms. The largest absolute Gasteiger partial charge is 0.477 e. The van der Waals surface area contributed by atoms with E-state index in [1.54, 1.807) is 12.1 Å². The standard InChI is InChI=1S/C22H18ClN3O6S/c23-17-6-1-14(2-7-17)11-12-24-20(27)15-3-8-18(9-4-15)33(31,32)26-21(28)16-5-10-19(22(29)30)25-13-16/h1-10,13H,11-12H2,(H,24,27)(H,26,28)(H,29,30). The molecule has 0 unspecified atom stereocenters. The van der Waals surface area contributed by atoms with Gasteiger partial charge in [0.1, 0.15) is 5.69 Å². The van der Waals surface area contributed by atoms with Gasteiger partial charge in [0.05, 0.1) is 10.5 Å². The summed E-state index contributed by atoms with van der Waals surface area (Å²) >= 11 is 5.84. The summed E-state index contributed by atoms with van der Waals surface area (Å²) in [6, 6.07) is 14.6. The van der Waals surface area contributed by atoms with Crippen LogP contribution in [0.1, 0.15) is 36.8 Å². The molecule has 33 heavy (non-hydrogen) atoms. The number of carboxylic acids is 1. The highest BCUT2D eigenvalue weighted by Gasteiger charge is 2.20. The monoisotopic (exact) mass is 487 g/mol. The maximum atomic E-state index is 12.5. The number of sulfonamides is 1. The Hall–Kier alpha value is -3.76. The Balaban J connectivity index is 1.59. The average molecular weight is 488 g/mol. The van der Waals surface area contributed by atoms with Crippen LogP contribution < -0.4 is 10.0 Å². The van der Waals surface area contributed by atoms with Gasteiger partial charge >= 0.3 is 5.97 Å². The molecule has 0 aliphatic rings. The predicted octanol–water partition coefficient (Wildman–Crippen LogP) is 2.52. The minimum absolute atomic E-state index is 0.125. The molecule has 0 radical (unpaired) electrons.